The molecule has 0 aromatic heterocycles. The van der Waals surface area contributed by atoms with Gasteiger partial charge in [-0.25, -0.2) is 0 Å². The van der Waals surface area contributed by atoms with Gasteiger partial charge in [0, 0.05) is 6.54 Å². The quantitative estimate of drug-likeness (QED) is 0.797. The Balaban J connectivity index is 1.97. The van der Waals surface area contributed by atoms with Crippen LogP contribution in [0.1, 0.15) is 52.4 Å². The molecule has 3 nitrogen and oxygen atoms in total. The summed E-state index contributed by atoms with van der Waals surface area (Å²) in [6.07, 6.45) is 7.97. The zero-order chi connectivity index (χ0) is 12.3. The van der Waals surface area contributed by atoms with Gasteiger partial charge in [-0.3, -0.25) is 10.1 Å². The van der Waals surface area contributed by atoms with Crippen LogP contribution in [0.4, 0.5) is 0 Å². The van der Waals surface area contributed by atoms with E-state index in [9.17, 15) is 4.79 Å². The van der Waals surface area contributed by atoms with Gasteiger partial charge in [0.1, 0.15) is 0 Å². The minimum atomic E-state index is 0.314. The number of hydrogen-bond donors (Lipinski definition) is 1. The Bertz CT molecular complexity index is 257. The van der Waals surface area contributed by atoms with Crippen LogP contribution in [-0.4, -0.2) is 30.1 Å². The molecule has 1 saturated carbocycles. The maximum Gasteiger partial charge on any atom is 0.237 e. The van der Waals surface area contributed by atoms with Gasteiger partial charge in [0.15, 0.2) is 0 Å². The predicted molar refractivity (Wildman–Crippen MR) is 69.5 cm³/mol. The molecular weight excluding hydrogens is 212 g/mol. The van der Waals surface area contributed by atoms with Gasteiger partial charge in [-0.15, -0.1) is 0 Å². The molecule has 0 spiro atoms. The lowest BCUT2D eigenvalue weighted by Crippen LogP contribution is -2.44. The average Bonchev–Trinajstić information content (AvgIpc) is 2.96. The van der Waals surface area contributed by atoms with Gasteiger partial charge >= 0.3 is 0 Å². The Kier molecular flexibility index (Phi) is 4.43. The lowest BCUT2D eigenvalue weighted by atomic mass is 10.00. The first-order valence-corrected chi connectivity index (χ1v) is 7.29. The number of nitrogens with one attached hydrogen (secondary N) is 1. The highest BCUT2D eigenvalue weighted by molar-refractivity contribution is 5.80. The molecule has 1 unspecified atom stereocenters. The monoisotopic (exact) mass is 238 g/mol. The minimum Gasteiger partial charge on any atom is -0.325 e. The number of carbonyl (C=O) groups excluding carboxylic acids is 1. The Morgan fingerprint density at radius 2 is 1.94 bits per heavy atom. The van der Waals surface area contributed by atoms with Crippen molar-refractivity contribution in [3.63, 3.8) is 0 Å². The summed E-state index contributed by atoms with van der Waals surface area (Å²) in [4.78, 5) is 14.1. The third-order valence-corrected chi connectivity index (χ3v) is 4.57. The van der Waals surface area contributed by atoms with Crippen LogP contribution < -0.4 is 5.32 Å². The molecule has 0 bridgehead atoms. The van der Waals surface area contributed by atoms with E-state index >= 15 is 0 Å². The molecule has 2 fully saturated rings. The van der Waals surface area contributed by atoms with E-state index in [1.165, 1.54) is 38.5 Å². The molecule has 17 heavy (non-hydrogen) atoms. The molecule has 1 saturated heterocycles. The van der Waals surface area contributed by atoms with Crippen LogP contribution in [0.5, 0.6) is 0 Å². The fourth-order valence-electron chi connectivity index (χ4n) is 3.29. The summed E-state index contributed by atoms with van der Waals surface area (Å²) in [5.74, 6) is 1.69. The van der Waals surface area contributed by atoms with Crippen LogP contribution in [-0.2, 0) is 4.79 Å². The smallest absolute Gasteiger partial charge is 0.237 e. The second-order valence-electron chi connectivity index (χ2n) is 5.60. The van der Waals surface area contributed by atoms with Crippen LogP contribution in [0.25, 0.3) is 0 Å². The van der Waals surface area contributed by atoms with E-state index < -0.39 is 0 Å². The molecule has 1 N–H and O–H groups in total. The van der Waals surface area contributed by atoms with Crippen molar-refractivity contribution in [2.45, 2.75) is 58.5 Å². The van der Waals surface area contributed by atoms with E-state index in [2.05, 4.69) is 24.1 Å². The molecule has 1 heterocycles. The third-order valence-electron chi connectivity index (χ3n) is 4.57. The number of amides is 1. The van der Waals surface area contributed by atoms with Crippen molar-refractivity contribution in [1.29, 1.82) is 0 Å². The second-order valence-corrected chi connectivity index (χ2v) is 5.60. The SMILES string of the molecule is CCC(CC)CN1C(=O)CNC1C1CCCC1. The van der Waals surface area contributed by atoms with Crippen molar-refractivity contribution in [3.05, 3.63) is 0 Å². The Morgan fingerprint density at radius 1 is 1.29 bits per heavy atom. The number of rotatable bonds is 5. The summed E-state index contributed by atoms with van der Waals surface area (Å²) in [6.45, 7) is 5.97. The molecule has 1 amide bonds. The summed E-state index contributed by atoms with van der Waals surface area (Å²) in [6, 6.07) is 0. The van der Waals surface area contributed by atoms with Gasteiger partial charge < -0.3 is 4.90 Å². The van der Waals surface area contributed by atoms with Crippen LogP contribution in [0.2, 0.25) is 0 Å². The Morgan fingerprint density at radius 3 is 2.53 bits per heavy atom. The van der Waals surface area contributed by atoms with E-state index in [0.29, 0.717) is 30.5 Å². The summed E-state index contributed by atoms with van der Waals surface area (Å²) < 4.78 is 0. The maximum absolute atomic E-state index is 12.0. The van der Waals surface area contributed by atoms with Crippen molar-refractivity contribution in [2.24, 2.45) is 11.8 Å². The highest BCUT2D eigenvalue weighted by atomic mass is 16.2. The summed E-state index contributed by atoms with van der Waals surface area (Å²) in [5, 5.41) is 3.43. The fourth-order valence-corrected chi connectivity index (χ4v) is 3.29. The van der Waals surface area contributed by atoms with Crippen molar-refractivity contribution < 1.29 is 4.79 Å². The van der Waals surface area contributed by atoms with Crippen molar-refractivity contribution >= 4 is 5.91 Å². The summed E-state index contributed by atoms with van der Waals surface area (Å²) in [5.41, 5.74) is 0. The van der Waals surface area contributed by atoms with Crippen molar-refractivity contribution in [2.75, 3.05) is 13.1 Å². The average molecular weight is 238 g/mol. The lowest BCUT2D eigenvalue weighted by Gasteiger charge is -2.31. The van der Waals surface area contributed by atoms with Gasteiger partial charge in [0.25, 0.3) is 0 Å². The summed E-state index contributed by atoms with van der Waals surface area (Å²) in [7, 11) is 0. The largest absolute Gasteiger partial charge is 0.325 e. The minimum absolute atomic E-state index is 0.314. The molecule has 2 rings (SSSR count). The van der Waals surface area contributed by atoms with Crippen LogP contribution in [0.15, 0.2) is 0 Å². The first kappa shape index (κ1) is 12.9. The third kappa shape index (κ3) is 2.82. The Labute approximate surface area is 105 Å². The molecule has 1 aliphatic heterocycles. The van der Waals surface area contributed by atoms with Gasteiger partial charge in [0.2, 0.25) is 5.91 Å². The highest BCUT2D eigenvalue weighted by Crippen LogP contribution is 2.31. The van der Waals surface area contributed by atoms with E-state index in [-0.39, 0.29) is 0 Å². The molecule has 2 aliphatic rings. The first-order valence-electron chi connectivity index (χ1n) is 7.29. The van der Waals surface area contributed by atoms with Gasteiger partial charge in [0.05, 0.1) is 12.7 Å². The van der Waals surface area contributed by atoms with Crippen molar-refractivity contribution in [1.82, 2.24) is 10.2 Å². The number of hydrogen-bond acceptors (Lipinski definition) is 2. The molecule has 0 radical (unpaired) electrons. The van der Waals surface area contributed by atoms with E-state index in [4.69, 9.17) is 0 Å². The zero-order valence-corrected chi connectivity index (χ0v) is 11.2. The van der Waals surface area contributed by atoms with Crippen molar-refractivity contribution in [3.8, 4) is 0 Å². The molecule has 0 aromatic rings. The lowest BCUT2D eigenvalue weighted by molar-refractivity contribution is -0.129. The fraction of sp³-hybridized carbons (Fsp3) is 0.929. The highest BCUT2D eigenvalue weighted by Gasteiger charge is 2.37. The number of carbonyl (C=O) groups is 1. The standard InChI is InChI=1S/C14H26N2O/c1-3-11(4-2)10-16-13(17)9-15-14(16)12-7-5-6-8-12/h11-12,14-15H,3-10H2,1-2H3. The molecular formula is C14H26N2O. The topological polar surface area (TPSA) is 32.3 Å². The molecule has 3 heteroatoms. The maximum atomic E-state index is 12.0. The van der Waals surface area contributed by atoms with Crippen LogP contribution in [0.3, 0.4) is 0 Å². The summed E-state index contributed by atoms with van der Waals surface area (Å²) >= 11 is 0. The van der Waals surface area contributed by atoms with Crippen LogP contribution in [0, 0.1) is 11.8 Å². The Hall–Kier alpha value is -0.570. The number of nitrogens with zero attached hydrogens (tertiary/aromatic N) is 1. The normalized spacial score (nSPS) is 26.4. The molecule has 0 aromatic carbocycles. The molecule has 1 aliphatic carbocycles. The van der Waals surface area contributed by atoms with E-state index in [1.807, 2.05) is 0 Å². The first-order chi connectivity index (χ1) is 8.26. The van der Waals surface area contributed by atoms with Gasteiger partial charge in [-0.2, -0.15) is 0 Å². The zero-order valence-electron chi connectivity index (χ0n) is 11.2. The molecule has 1 atom stereocenters. The van der Waals surface area contributed by atoms with Gasteiger partial charge in [-0.05, 0) is 24.7 Å². The van der Waals surface area contributed by atoms with Gasteiger partial charge in [-0.1, -0.05) is 39.5 Å². The van der Waals surface area contributed by atoms with Crippen LogP contribution >= 0.6 is 0 Å². The predicted octanol–water partition coefficient (Wildman–Crippen LogP) is 2.37. The second kappa shape index (κ2) is 5.85. The molecule has 98 valence electrons. The van der Waals surface area contributed by atoms with E-state index in [0.717, 1.165) is 6.54 Å². The van der Waals surface area contributed by atoms with E-state index in [1.54, 1.807) is 0 Å².